The molecule has 0 aromatic heterocycles. The lowest BCUT2D eigenvalue weighted by atomic mass is 9.94. The molecular formula is C19H28ClN3O2. The molecule has 138 valence electrons. The van der Waals surface area contributed by atoms with Gasteiger partial charge in [0, 0.05) is 29.7 Å². The smallest absolute Gasteiger partial charge is 0.241 e. The summed E-state index contributed by atoms with van der Waals surface area (Å²) in [5, 5.41) is 3.56. The topological polar surface area (TPSA) is 52.7 Å². The number of nitrogens with one attached hydrogen (secondary N) is 1. The van der Waals surface area contributed by atoms with Gasteiger partial charge in [-0.05, 0) is 71.0 Å². The van der Waals surface area contributed by atoms with E-state index in [4.69, 9.17) is 11.6 Å². The Hall–Kier alpha value is -1.59. The Labute approximate surface area is 155 Å². The zero-order valence-corrected chi connectivity index (χ0v) is 16.2. The number of benzene rings is 1. The third kappa shape index (κ3) is 5.19. The first-order valence-electron chi connectivity index (χ1n) is 8.86. The van der Waals surface area contributed by atoms with E-state index < -0.39 is 0 Å². The Morgan fingerprint density at radius 2 is 1.72 bits per heavy atom. The molecule has 1 aliphatic rings. The predicted octanol–water partition coefficient (Wildman–Crippen LogP) is 3.25. The van der Waals surface area contributed by atoms with Gasteiger partial charge in [-0.1, -0.05) is 11.6 Å². The first-order valence-corrected chi connectivity index (χ1v) is 9.24. The van der Waals surface area contributed by atoms with Crippen LogP contribution in [0.1, 0.15) is 33.6 Å². The molecule has 2 rings (SSSR count). The van der Waals surface area contributed by atoms with E-state index in [2.05, 4.69) is 10.2 Å². The van der Waals surface area contributed by atoms with E-state index in [9.17, 15) is 9.59 Å². The van der Waals surface area contributed by atoms with Crippen LogP contribution in [0.25, 0.3) is 0 Å². The summed E-state index contributed by atoms with van der Waals surface area (Å²) >= 11 is 5.86. The van der Waals surface area contributed by atoms with Gasteiger partial charge in [-0.2, -0.15) is 0 Å². The molecule has 0 aliphatic carbocycles. The number of carbonyl (C=O) groups excluding carboxylic acids is 2. The van der Waals surface area contributed by atoms with Gasteiger partial charge in [0.2, 0.25) is 11.8 Å². The number of halogens is 1. The van der Waals surface area contributed by atoms with Crippen LogP contribution in [0.3, 0.4) is 0 Å². The largest absolute Gasteiger partial charge is 0.343 e. The highest BCUT2D eigenvalue weighted by Crippen LogP contribution is 2.22. The summed E-state index contributed by atoms with van der Waals surface area (Å²) in [7, 11) is 1.86. The van der Waals surface area contributed by atoms with Crippen LogP contribution in [-0.4, -0.2) is 53.8 Å². The molecule has 1 saturated heterocycles. The van der Waals surface area contributed by atoms with Crippen LogP contribution in [0.4, 0.5) is 5.69 Å². The van der Waals surface area contributed by atoms with E-state index in [0.717, 1.165) is 31.6 Å². The van der Waals surface area contributed by atoms with E-state index in [1.807, 2.05) is 32.7 Å². The Balaban J connectivity index is 1.86. The van der Waals surface area contributed by atoms with Crippen molar-refractivity contribution in [3.8, 4) is 0 Å². The summed E-state index contributed by atoms with van der Waals surface area (Å²) < 4.78 is 0. The molecule has 1 aliphatic heterocycles. The summed E-state index contributed by atoms with van der Waals surface area (Å²) in [6.07, 6.45) is 1.60. The highest BCUT2D eigenvalue weighted by Gasteiger charge is 2.31. The fraction of sp³-hybridized carbons (Fsp3) is 0.579. The molecule has 0 spiro atoms. The van der Waals surface area contributed by atoms with Crippen LogP contribution in [0.15, 0.2) is 24.3 Å². The summed E-state index contributed by atoms with van der Waals surface area (Å²) in [4.78, 5) is 28.8. The van der Waals surface area contributed by atoms with Gasteiger partial charge in [0.1, 0.15) is 0 Å². The monoisotopic (exact) mass is 365 g/mol. The molecule has 2 amide bonds. The van der Waals surface area contributed by atoms with Crippen LogP contribution in [0.5, 0.6) is 0 Å². The van der Waals surface area contributed by atoms with Crippen LogP contribution in [-0.2, 0) is 9.59 Å². The number of anilines is 1. The van der Waals surface area contributed by atoms with Crippen molar-refractivity contribution in [2.24, 2.45) is 5.92 Å². The van der Waals surface area contributed by atoms with E-state index in [0.29, 0.717) is 5.02 Å². The van der Waals surface area contributed by atoms with Crippen molar-refractivity contribution >= 4 is 29.1 Å². The van der Waals surface area contributed by atoms with Crippen LogP contribution in [0.2, 0.25) is 5.02 Å². The number of piperidine rings is 1. The van der Waals surface area contributed by atoms with Gasteiger partial charge in [-0.15, -0.1) is 0 Å². The summed E-state index contributed by atoms with van der Waals surface area (Å²) in [6.45, 7) is 7.48. The van der Waals surface area contributed by atoms with E-state index in [1.165, 1.54) is 0 Å². The summed E-state index contributed by atoms with van der Waals surface area (Å²) in [5.41, 5.74) is 0.741. The second-order valence-electron chi connectivity index (χ2n) is 7.03. The van der Waals surface area contributed by atoms with Crippen molar-refractivity contribution in [2.45, 2.75) is 45.7 Å². The Morgan fingerprint density at radius 3 is 2.24 bits per heavy atom. The zero-order chi connectivity index (χ0) is 18.6. The second-order valence-corrected chi connectivity index (χ2v) is 7.46. The van der Waals surface area contributed by atoms with Gasteiger partial charge in [0.25, 0.3) is 0 Å². The first-order chi connectivity index (χ1) is 11.8. The van der Waals surface area contributed by atoms with Crippen molar-refractivity contribution in [1.29, 1.82) is 0 Å². The van der Waals surface area contributed by atoms with E-state index in [-0.39, 0.29) is 29.8 Å². The Kier molecular flexibility index (Phi) is 6.85. The molecule has 1 aromatic carbocycles. The fourth-order valence-electron chi connectivity index (χ4n) is 3.02. The summed E-state index contributed by atoms with van der Waals surface area (Å²) in [5.74, 6) is 0.245. The van der Waals surface area contributed by atoms with E-state index in [1.54, 1.807) is 24.3 Å². The van der Waals surface area contributed by atoms with Gasteiger partial charge in [0.15, 0.2) is 0 Å². The van der Waals surface area contributed by atoms with Gasteiger partial charge >= 0.3 is 0 Å². The van der Waals surface area contributed by atoms with Gasteiger partial charge in [0.05, 0.1) is 6.04 Å². The predicted molar refractivity (Wildman–Crippen MR) is 102 cm³/mol. The van der Waals surface area contributed by atoms with Crippen molar-refractivity contribution in [3.05, 3.63) is 29.3 Å². The number of likely N-dealkylation sites (tertiary alicyclic amines) is 1. The van der Waals surface area contributed by atoms with Crippen LogP contribution >= 0.6 is 11.6 Å². The number of rotatable bonds is 5. The minimum absolute atomic E-state index is 0.0357. The average Bonchev–Trinajstić information content (AvgIpc) is 2.61. The normalized spacial score (nSPS) is 17.4. The van der Waals surface area contributed by atoms with E-state index >= 15 is 0 Å². The van der Waals surface area contributed by atoms with Crippen LogP contribution < -0.4 is 5.32 Å². The van der Waals surface area contributed by atoms with Gasteiger partial charge < -0.3 is 10.2 Å². The standard InChI is InChI=1S/C19H28ClN3O2/c1-13(2)22(4)19(25)15-9-11-23(12-10-15)14(3)18(24)21-17-7-5-16(20)6-8-17/h5-8,13-15H,9-12H2,1-4H3,(H,21,24). The maximum atomic E-state index is 12.4. The van der Waals surface area contributed by atoms with Crippen molar-refractivity contribution in [1.82, 2.24) is 9.80 Å². The molecule has 1 N–H and O–H groups in total. The lowest BCUT2D eigenvalue weighted by Gasteiger charge is -2.36. The molecule has 1 fully saturated rings. The first kappa shape index (κ1) is 19.7. The Morgan fingerprint density at radius 1 is 1.16 bits per heavy atom. The number of carbonyl (C=O) groups is 2. The zero-order valence-electron chi connectivity index (χ0n) is 15.5. The Bertz CT molecular complexity index is 595. The number of hydrogen-bond donors (Lipinski definition) is 1. The van der Waals surface area contributed by atoms with Crippen molar-refractivity contribution < 1.29 is 9.59 Å². The maximum Gasteiger partial charge on any atom is 0.241 e. The molecule has 5 nitrogen and oxygen atoms in total. The fourth-order valence-corrected chi connectivity index (χ4v) is 3.15. The molecule has 1 aromatic rings. The molecule has 25 heavy (non-hydrogen) atoms. The maximum absolute atomic E-state index is 12.4. The molecule has 0 saturated carbocycles. The quantitative estimate of drug-likeness (QED) is 0.871. The third-order valence-electron chi connectivity index (χ3n) is 5.04. The highest BCUT2D eigenvalue weighted by molar-refractivity contribution is 6.30. The molecular weight excluding hydrogens is 338 g/mol. The van der Waals surface area contributed by atoms with Crippen molar-refractivity contribution in [2.75, 3.05) is 25.5 Å². The van der Waals surface area contributed by atoms with Gasteiger partial charge in [-0.25, -0.2) is 0 Å². The average molecular weight is 366 g/mol. The minimum Gasteiger partial charge on any atom is -0.343 e. The third-order valence-corrected chi connectivity index (χ3v) is 5.29. The number of nitrogens with zero attached hydrogens (tertiary/aromatic N) is 2. The second kappa shape index (κ2) is 8.68. The molecule has 0 bridgehead atoms. The molecule has 1 unspecified atom stereocenters. The van der Waals surface area contributed by atoms with Gasteiger partial charge in [-0.3, -0.25) is 14.5 Å². The highest BCUT2D eigenvalue weighted by atomic mass is 35.5. The van der Waals surface area contributed by atoms with Crippen molar-refractivity contribution in [3.63, 3.8) is 0 Å². The summed E-state index contributed by atoms with van der Waals surface area (Å²) in [6, 6.07) is 7.08. The molecule has 0 radical (unpaired) electrons. The van der Waals surface area contributed by atoms with Crippen LogP contribution in [0, 0.1) is 5.92 Å². The lowest BCUT2D eigenvalue weighted by Crippen LogP contribution is -2.48. The lowest BCUT2D eigenvalue weighted by molar-refractivity contribution is -0.137. The molecule has 6 heteroatoms. The minimum atomic E-state index is -0.227. The number of hydrogen-bond acceptors (Lipinski definition) is 3. The number of amides is 2. The molecule has 1 atom stereocenters. The SMILES string of the molecule is CC(C(=O)Nc1ccc(Cl)cc1)N1CCC(C(=O)N(C)C(C)C)CC1. The molecule has 1 heterocycles.